The molecule has 0 saturated heterocycles. The van der Waals surface area contributed by atoms with Gasteiger partial charge in [0.2, 0.25) is 0 Å². The third kappa shape index (κ3) is 2.59. The highest BCUT2D eigenvalue weighted by Crippen LogP contribution is 2.24. The lowest BCUT2D eigenvalue weighted by atomic mass is 10.0. The minimum absolute atomic E-state index is 0.306. The van der Waals surface area contributed by atoms with Crippen LogP contribution in [0.25, 0.3) is 0 Å². The Balaban J connectivity index is 2.24. The Kier molecular flexibility index (Phi) is 3.77. The minimum Gasteiger partial charge on any atom is -0.324 e. The number of hydrogen-bond donors (Lipinski definition) is 1. The highest BCUT2D eigenvalue weighted by Gasteiger charge is 2.16. The van der Waals surface area contributed by atoms with Crippen LogP contribution in [0.1, 0.15) is 23.0 Å². The van der Waals surface area contributed by atoms with Gasteiger partial charge in [-0.1, -0.05) is 0 Å². The fourth-order valence-corrected chi connectivity index (χ4v) is 2.36. The van der Waals surface area contributed by atoms with Crippen LogP contribution < -0.4 is 5.73 Å². The van der Waals surface area contributed by atoms with Gasteiger partial charge in [0.05, 0.1) is 22.1 Å². The van der Waals surface area contributed by atoms with Crippen LogP contribution >= 0.6 is 15.9 Å². The van der Waals surface area contributed by atoms with E-state index in [0.717, 1.165) is 15.9 Å². The second-order valence-corrected chi connectivity index (χ2v) is 5.01. The number of rotatable bonds is 3. The predicted molar refractivity (Wildman–Crippen MR) is 70.5 cm³/mol. The van der Waals surface area contributed by atoms with Crippen molar-refractivity contribution in [1.82, 2.24) is 14.8 Å². The van der Waals surface area contributed by atoms with Crippen molar-refractivity contribution in [3.8, 4) is 0 Å². The molecule has 0 fully saturated rings. The molecule has 0 radical (unpaired) electrons. The molecule has 0 saturated carbocycles. The molecule has 0 aliphatic heterocycles. The number of pyridine rings is 1. The quantitative estimate of drug-likeness (QED) is 0.946. The van der Waals surface area contributed by atoms with Gasteiger partial charge >= 0.3 is 0 Å². The van der Waals surface area contributed by atoms with Crippen molar-refractivity contribution in [2.45, 2.75) is 19.4 Å². The molecule has 18 heavy (non-hydrogen) atoms. The summed E-state index contributed by atoms with van der Waals surface area (Å²) in [6, 6.07) is 1.11. The van der Waals surface area contributed by atoms with E-state index in [9.17, 15) is 4.39 Å². The fourth-order valence-electron chi connectivity index (χ4n) is 1.86. The minimum atomic E-state index is -0.372. The topological polar surface area (TPSA) is 56.7 Å². The molecule has 0 bridgehead atoms. The smallest absolute Gasteiger partial charge is 0.141 e. The SMILES string of the molecule is Cc1nn(C)c(CC(N)c2cncc(F)c2)c1Br. The van der Waals surface area contributed by atoms with Crippen LogP contribution in [0, 0.1) is 12.7 Å². The Morgan fingerprint density at radius 1 is 1.50 bits per heavy atom. The molecule has 0 aliphatic rings. The maximum absolute atomic E-state index is 13.1. The Morgan fingerprint density at radius 2 is 2.22 bits per heavy atom. The molecule has 0 spiro atoms. The van der Waals surface area contributed by atoms with Crippen LogP contribution in [0.4, 0.5) is 4.39 Å². The average Bonchev–Trinajstić information content (AvgIpc) is 2.56. The summed E-state index contributed by atoms with van der Waals surface area (Å²) in [5.74, 6) is -0.372. The zero-order valence-corrected chi connectivity index (χ0v) is 11.8. The maximum Gasteiger partial charge on any atom is 0.141 e. The number of aromatic nitrogens is 3. The van der Waals surface area contributed by atoms with Crippen molar-refractivity contribution in [3.05, 3.63) is 45.7 Å². The normalized spacial score (nSPS) is 12.7. The first kappa shape index (κ1) is 13.2. The molecule has 2 aromatic heterocycles. The average molecular weight is 313 g/mol. The third-order valence-corrected chi connectivity index (χ3v) is 3.86. The summed E-state index contributed by atoms with van der Waals surface area (Å²) in [5, 5.41) is 4.30. The summed E-state index contributed by atoms with van der Waals surface area (Å²) in [6.45, 7) is 1.92. The van der Waals surface area contributed by atoms with Gasteiger partial charge < -0.3 is 5.73 Å². The lowest BCUT2D eigenvalue weighted by Gasteiger charge is -2.12. The van der Waals surface area contributed by atoms with E-state index in [4.69, 9.17) is 5.73 Å². The number of nitrogens with two attached hydrogens (primary N) is 1. The molecule has 4 nitrogen and oxygen atoms in total. The van der Waals surface area contributed by atoms with Crippen molar-refractivity contribution in [2.24, 2.45) is 12.8 Å². The van der Waals surface area contributed by atoms with Gasteiger partial charge in [0.1, 0.15) is 5.82 Å². The molecule has 0 amide bonds. The zero-order valence-electron chi connectivity index (χ0n) is 10.2. The zero-order chi connectivity index (χ0) is 13.3. The first-order valence-electron chi connectivity index (χ1n) is 5.53. The van der Waals surface area contributed by atoms with Gasteiger partial charge in [-0.25, -0.2) is 4.39 Å². The molecule has 96 valence electrons. The predicted octanol–water partition coefficient (Wildman–Crippen LogP) is 2.27. The van der Waals surface area contributed by atoms with Gasteiger partial charge in [-0.05, 0) is 34.5 Å². The summed E-state index contributed by atoms with van der Waals surface area (Å²) >= 11 is 3.49. The largest absolute Gasteiger partial charge is 0.324 e. The molecule has 6 heteroatoms. The maximum atomic E-state index is 13.1. The molecule has 2 N–H and O–H groups in total. The van der Waals surface area contributed by atoms with Crippen molar-refractivity contribution in [3.63, 3.8) is 0 Å². The highest BCUT2D eigenvalue weighted by atomic mass is 79.9. The fraction of sp³-hybridized carbons (Fsp3) is 0.333. The van der Waals surface area contributed by atoms with Crippen molar-refractivity contribution in [1.29, 1.82) is 0 Å². The molecule has 2 heterocycles. The van der Waals surface area contributed by atoms with Crippen LogP contribution in [0.15, 0.2) is 22.9 Å². The molecule has 1 atom stereocenters. The van der Waals surface area contributed by atoms with E-state index < -0.39 is 0 Å². The molecule has 0 aromatic carbocycles. The number of halogens is 2. The summed E-state index contributed by atoms with van der Waals surface area (Å²) in [5.41, 5.74) is 8.66. The van der Waals surface area contributed by atoms with E-state index in [2.05, 4.69) is 26.0 Å². The van der Waals surface area contributed by atoms with Crippen LogP contribution in [-0.4, -0.2) is 14.8 Å². The van der Waals surface area contributed by atoms with E-state index in [-0.39, 0.29) is 11.9 Å². The van der Waals surface area contributed by atoms with Gasteiger partial charge in [0.25, 0.3) is 0 Å². The molecular weight excluding hydrogens is 299 g/mol. The molecule has 2 aromatic rings. The highest BCUT2D eigenvalue weighted by molar-refractivity contribution is 9.10. The third-order valence-electron chi connectivity index (χ3n) is 2.83. The number of nitrogens with zero attached hydrogens (tertiary/aromatic N) is 3. The van der Waals surface area contributed by atoms with Gasteiger partial charge in [-0.2, -0.15) is 5.10 Å². The van der Waals surface area contributed by atoms with Gasteiger partial charge in [-0.15, -0.1) is 0 Å². The van der Waals surface area contributed by atoms with Crippen molar-refractivity contribution < 1.29 is 4.39 Å². The Morgan fingerprint density at radius 3 is 2.78 bits per heavy atom. The van der Waals surface area contributed by atoms with E-state index in [1.165, 1.54) is 12.3 Å². The number of hydrogen-bond acceptors (Lipinski definition) is 3. The molecule has 1 unspecified atom stereocenters. The van der Waals surface area contributed by atoms with Crippen molar-refractivity contribution in [2.75, 3.05) is 0 Å². The summed E-state index contributed by atoms with van der Waals surface area (Å²) in [7, 11) is 1.86. The van der Waals surface area contributed by atoms with E-state index in [1.807, 2.05) is 14.0 Å². The van der Waals surface area contributed by atoms with Gasteiger partial charge in [0.15, 0.2) is 0 Å². The second kappa shape index (κ2) is 5.16. The monoisotopic (exact) mass is 312 g/mol. The summed E-state index contributed by atoms with van der Waals surface area (Å²) in [4.78, 5) is 3.81. The molecule has 2 rings (SSSR count). The van der Waals surface area contributed by atoms with Crippen LogP contribution in [0.3, 0.4) is 0 Å². The van der Waals surface area contributed by atoms with Gasteiger partial charge in [-0.3, -0.25) is 9.67 Å². The summed E-state index contributed by atoms with van der Waals surface area (Å²) < 4.78 is 15.8. The van der Waals surface area contributed by atoms with Crippen LogP contribution in [0.5, 0.6) is 0 Å². The Bertz CT molecular complexity index is 567. The molecule has 0 aliphatic carbocycles. The van der Waals surface area contributed by atoms with Crippen molar-refractivity contribution >= 4 is 15.9 Å². The Labute approximate surface area is 113 Å². The first-order chi connectivity index (χ1) is 8.49. The molecular formula is C12H14BrFN4. The standard InChI is InChI=1S/C12H14BrFN4/c1-7-12(13)11(18(2)17-7)4-10(15)8-3-9(14)6-16-5-8/h3,5-6,10H,4,15H2,1-2H3. The van der Waals surface area contributed by atoms with Crippen LogP contribution in [0.2, 0.25) is 0 Å². The lowest BCUT2D eigenvalue weighted by molar-refractivity contribution is 0.602. The van der Waals surface area contributed by atoms with Crippen LogP contribution in [-0.2, 0) is 13.5 Å². The first-order valence-corrected chi connectivity index (χ1v) is 6.32. The van der Waals surface area contributed by atoms with Gasteiger partial charge in [0, 0.05) is 25.7 Å². The van der Waals surface area contributed by atoms with E-state index in [0.29, 0.717) is 12.0 Å². The lowest BCUT2D eigenvalue weighted by Crippen LogP contribution is -2.16. The summed E-state index contributed by atoms with van der Waals surface area (Å²) in [6.07, 6.45) is 3.33. The second-order valence-electron chi connectivity index (χ2n) is 4.22. The van der Waals surface area contributed by atoms with E-state index in [1.54, 1.807) is 10.9 Å². The van der Waals surface area contributed by atoms with E-state index >= 15 is 0 Å². The number of aryl methyl sites for hydroxylation is 2. The Hall–Kier alpha value is -1.27.